The van der Waals surface area contributed by atoms with Crippen molar-refractivity contribution in [3.63, 3.8) is 0 Å². The fourth-order valence-electron chi connectivity index (χ4n) is 1.67. The van der Waals surface area contributed by atoms with Gasteiger partial charge in [0, 0.05) is 0 Å². The molecule has 1 aromatic rings. The van der Waals surface area contributed by atoms with Crippen LogP contribution in [-0.2, 0) is 4.79 Å². The molecule has 1 aliphatic rings. The number of esters is 1. The van der Waals surface area contributed by atoms with E-state index < -0.39 is 5.54 Å². The van der Waals surface area contributed by atoms with Crippen molar-refractivity contribution in [2.75, 3.05) is 5.32 Å². The quantitative estimate of drug-likeness (QED) is 0.538. The molecule has 0 radical (unpaired) electrons. The van der Waals surface area contributed by atoms with Gasteiger partial charge in [-0.3, -0.25) is 0 Å². The lowest BCUT2D eigenvalue weighted by atomic mass is 9.74. The molecule has 0 bridgehead atoms. The summed E-state index contributed by atoms with van der Waals surface area (Å²) in [4.78, 5) is 12.0. The van der Waals surface area contributed by atoms with E-state index in [4.69, 9.17) is 4.74 Å². The standard InChI is InChI=1S/C13H17NO2/c1-12(2,3)13(4)11(15)16-10-8-6-5-7-9(10)14-13/h5-8,14H,1-4H3. The van der Waals surface area contributed by atoms with Gasteiger partial charge in [0.05, 0.1) is 5.69 Å². The van der Waals surface area contributed by atoms with Crippen LogP contribution in [0.25, 0.3) is 0 Å². The smallest absolute Gasteiger partial charge is 0.337 e. The minimum absolute atomic E-state index is 0.211. The van der Waals surface area contributed by atoms with E-state index in [2.05, 4.69) is 5.32 Å². The molecule has 16 heavy (non-hydrogen) atoms. The fraction of sp³-hybridized carbons (Fsp3) is 0.462. The number of para-hydroxylation sites is 2. The third kappa shape index (κ3) is 1.47. The average Bonchev–Trinajstić information content (AvgIpc) is 2.18. The van der Waals surface area contributed by atoms with E-state index in [0.29, 0.717) is 5.75 Å². The molecule has 0 fully saturated rings. The molecule has 86 valence electrons. The van der Waals surface area contributed by atoms with Gasteiger partial charge < -0.3 is 10.1 Å². The van der Waals surface area contributed by atoms with Gasteiger partial charge in [-0.1, -0.05) is 32.9 Å². The van der Waals surface area contributed by atoms with Crippen LogP contribution in [0.15, 0.2) is 24.3 Å². The Morgan fingerprint density at radius 1 is 1.25 bits per heavy atom. The van der Waals surface area contributed by atoms with Crippen LogP contribution in [0.2, 0.25) is 0 Å². The van der Waals surface area contributed by atoms with Crippen molar-refractivity contribution < 1.29 is 9.53 Å². The molecule has 0 aliphatic carbocycles. The van der Waals surface area contributed by atoms with E-state index >= 15 is 0 Å². The summed E-state index contributed by atoms with van der Waals surface area (Å²) in [6, 6.07) is 7.50. The number of hydrogen-bond donors (Lipinski definition) is 1. The summed E-state index contributed by atoms with van der Waals surface area (Å²) in [7, 11) is 0. The summed E-state index contributed by atoms with van der Waals surface area (Å²) >= 11 is 0. The topological polar surface area (TPSA) is 38.3 Å². The zero-order chi connectivity index (χ0) is 12.0. The Labute approximate surface area is 95.8 Å². The SMILES string of the molecule is CC(C)(C)C1(C)Nc2ccccc2OC1=O. The molecule has 3 nitrogen and oxygen atoms in total. The van der Waals surface area contributed by atoms with E-state index in [1.54, 1.807) is 6.07 Å². The Morgan fingerprint density at radius 3 is 2.50 bits per heavy atom. The Balaban J connectivity index is 2.46. The normalized spacial score (nSPS) is 24.4. The van der Waals surface area contributed by atoms with Crippen LogP contribution in [0.5, 0.6) is 5.75 Å². The van der Waals surface area contributed by atoms with Crippen LogP contribution in [0.3, 0.4) is 0 Å². The molecular formula is C13H17NO2. The first-order valence-electron chi connectivity index (χ1n) is 5.44. The number of hydrogen-bond acceptors (Lipinski definition) is 3. The summed E-state index contributed by atoms with van der Waals surface area (Å²) in [6.45, 7) is 7.95. The van der Waals surface area contributed by atoms with Crippen molar-refractivity contribution in [3.8, 4) is 5.75 Å². The molecule has 3 heteroatoms. The number of carbonyl (C=O) groups is 1. The fourth-order valence-corrected chi connectivity index (χ4v) is 1.67. The lowest BCUT2D eigenvalue weighted by Gasteiger charge is -2.43. The predicted octanol–water partition coefficient (Wildman–Crippen LogP) is 2.82. The van der Waals surface area contributed by atoms with Gasteiger partial charge in [-0.05, 0) is 24.5 Å². The van der Waals surface area contributed by atoms with Crippen molar-refractivity contribution in [2.45, 2.75) is 33.2 Å². The Morgan fingerprint density at radius 2 is 1.88 bits per heavy atom. The zero-order valence-electron chi connectivity index (χ0n) is 10.1. The van der Waals surface area contributed by atoms with Crippen LogP contribution >= 0.6 is 0 Å². The second-order valence-corrected chi connectivity index (χ2v) is 5.39. The van der Waals surface area contributed by atoms with E-state index in [0.717, 1.165) is 5.69 Å². The van der Waals surface area contributed by atoms with Gasteiger partial charge in [0.15, 0.2) is 5.75 Å². The molecule has 1 atom stereocenters. The summed E-state index contributed by atoms with van der Waals surface area (Å²) in [5, 5.41) is 3.29. The Hall–Kier alpha value is -1.51. The number of nitrogens with one attached hydrogen (secondary N) is 1. The molecule has 0 spiro atoms. The highest BCUT2D eigenvalue weighted by Crippen LogP contribution is 2.41. The van der Waals surface area contributed by atoms with Gasteiger partial charge in [-0.2, -0.15) is 0 Å². The molecule has 1 N–H and O–H groups in total. The number of ether oxygens (including phenoxy) is 1. The lowest BCUT2D eigenvalue weighted by molar-refractivity contribution is -0.143. The van der Waals surface area contributed by atoms with Gasteiger partial charge in [-0.25, -0.2) is 4.79 Å². The molecule has 0 saturated heterocycles. The number of anilines is 1. The Kier molecular flexibility index (Phi) is 2.22. The third-order valence-electron chi connectivity index (χ3n) is 3.38. The summed E-state index contributed by atoms with van der Waals surface area (Å²) < 4.78 is 5.37. The van der Waals surface area contributed by atoms with Crippen molar-refractivity contribution in [3.05, 3.63) is 24.3 Å². The summed E-state index contributed by atoms with van der Waals surface area (Å²) in [5.41, 5.74) is -0.0292. The van der Waals surface area contributed by atoms with Gasteiger partial charge in [0.1, 0.15) is 5.54 Å². The van der Waals surface area contributed by atoms with E-state index in [1.165, 1.54) is 0 Å². The maximum Gasteiger partial charge on any atom is 0.337 e. The third-order valence-corrected chi connectivity index (χ3v) is 3.38. The monoisotopic (exact) mass is 219 g/mol. The highest BCUT2D eigenvalue weighted by Gasteiger charge is 2.48. The molecular weight excluding hydrogens is 202 g/mol. The van der Waals surface area contributed by atoms with Crippen LogP contribution < -0.4 is 10.1 Å². The van der Waals surface area contributed by atoms with Gasteiger partial charge in [-0.15, -0.1) is 0 Å². The zero-order valence-corrected chi connectivity index (χ0v) is 10.1. The summed E-state index contributed by atoms with van der Waals surface area (Å²) in [5.74, 6) is 0.382. The summed E-state index contributed by atoms with van der Waals surface area (Å²) in [6.07, 6.45) is 0. The van der Waals surface area contributed by atoms with Crippen LogP contribution in [0.1, 0.15) is 27.7 Å². The maximum absolute atomic E-state index is 12.0. The first-order valence-corrected chi connectivity index (χ1v) is 5.44. The number of benzene rings is 1. The number of fused-ring (bicyclic) bond motifs is 1. The molecule has 0 amide bonds. The van der Waals surface area contributed by atoms with Crippen molar-refractivity contribution in [1.29, 1.82) is 0 Å². The van der Waals surface area contributed by atoms with Gasteiger partial charge in [0.2, 0.25) is 0 Å². The van der Waals surface area contributed by atoms with Gasteiger partial charge in [0.25, 0.3) is 0 Å². The molecule has 2 rings (SSSR count). The minimum atomic E-state index is -0.693. The van der Waals surface area contributed by atoms with Crippen LogP contribution in [0, 0.1) is 5.41 Å². The van der Waals surface area contributed by atoms with Crippen LogP contribution in [0.4, 0.5) is 5.69 Å². The van der Waals surface area contributed by atoms with E-state index in [-0.39, 0.29) is 11.4 Å². The van der Waals surface area contributed by atoms with E-state index in [9.17, 15) is 4.79 Å². The molecule has 1 aliphatic heterocycles. The first-order chi connectivity index (χ1) is 7.34. The second-order valence-electron chi connectivity index (χ2n) is 5.39. The van der Waals surface area contributed by atoms with E-state index in [1.807, 2.05) is 45.9 Å². The number of rotatable bonds is 0. The van der Waals surface area contributed by atoms with Crippen LogP contribution in [-0.4, -0.2) is 11.5 Å². The van der Waals surface area contributed by atoms with Crippen molar-refractivity contribution in [1.82, 2.24) is 0 Å². The lowest BCUT2D eigenvalue weighted by Crippen LogP contribution is -2.57. The molecule has 1 unspecified atom stereocenters. The minimum Gasteiger partial charge on any atom is -0.423 e. The van der Waals surface area contributed by atoms with Crippen molar-refractivity contribution >= 4 is 11.7 Å². The highest BCUT2D eigenvalue weighted by molar-refractivity contribution is 5.91. The molecule has 0 aromatic heterocycles. The predicted molar refractivity (Wildman–Crippen MR) is 63.6 cm³/mol. The number of carbonyl (C=O) groups excluding carboxylic acids is 1. The first kappa shape index (κ1) is 11.0. The average molecular weight is 219 g/mol. The second kappa shape index (κ2) is 3.24. The molecule has 1 aromatic carbocycles. The molecule has 0 saturated carbocycles. The van der Waals surface area contributed by atoms with Crippen molar-refractivity contribution in [2.24, 2.45) is 5.41 Å². The Bertz CT molecular complexity index is 434. The van der Waals surface area contributed by atoms with Gasteiger partial charge >= 0.3 is 5.97 Å². The maximum atomic E-state index is 12.0. The largest absolute Gasteiger partial charge is 0.423 e. The molecule has 1 heterocycles. The highest BCUT2D eigenvalue weighted by atomic mass is 16.5.